The van der Waals surface area contributed by atoms with Crippen LogP contribution in [-0.4, -0.2) is 12.2 Å². The van der Waals surface area contributed by atoms with E-state index in [2.05, 4.69) is 15.9 Å². The molecule has 0 heterocycles. The topological polar surface area (TPSA) is 29.5 Å². The average molecular weight is 345 g/mol. The molecule has 4 heteroatoms. The molecule has 1 aromatic rings. The SMILES string of the molecule is COc1cc(F)c(Br)cc1C(O)CCC1CCCCC1. The molecule has 1 aromatic carbocycles. The Morgan fingerprint density at radius 3 is 2.70 bits per heavy atom. The van der Waals surface area contributed by atoms with Crippen molar-refractivity contribution < 1.29 is 14.2 Å². The van der Waals surface area contributed by atoms with Crippen molar-refractivity contribution >= 4 is 15.9 Å². The highest BCUT2D eigenvalue weighted by Gasteiger charge is 2.19. The Morgan fingerprint density at radius 1 is 1.35 bits per heavy atom. The van der Waals surface area contributed by atoms with Crippen molar-refractivity contribution in [3.8, 4) is 5.75 Å². The Kier molecular flexibility index (Phi) is 5.85. The molecule has 1 aliphatic carbocycles. The van der Waals surface area contributed by atoms with Crippen LogP contribution in [0.15, 0.2) is 16.6 Å². The molecule has 0 bridgehead atoms. The molecular formula is C16H22BrFO2. The third-order valence-corrected chi connectivity index (χ3v) is 4.81. The van der Waals surface area contributed by atoms with Crippen LogP contribution in [-0.2, 0) is 0 Å². The first-order valence-corrected chi connectivity index (χ1v) is 8.12. The number of hydrogen-bond donors (Lipinski definition) is 1. The van der Waals surface area contributed by atoms with Crippen LogP contribution < -0.4 is 4.74 Å². The molecule has 0 saturated heterocycles. The number of aliphatic hydroxyl groups excluding tert-OH is 1. The number of rotatable bonds is 5. The van der Waals surface area contributed by atoms with E-state index >= 15 is 0 Å². The van der Waals surface area contributed by atoms with E-state index in [0.717, 1.165) is 12.3 Å². The second-order valence-electron chi connectivity index (χ2n) is 5.61. The quantitative estimate of drug-likeness (QED) is 0.815. The summed E-state index contributed by atoms with van der Waals surface area (Å²) >= 11 is 3.16. The molecule has 0 radical (unpaired) electrons. The second-order valence-corrected chi connectivity index (χ2v) is 6.46. The Bertz CT molecular complexity index is 444. The Morgan fingerprint density at radius 2 is 2.05 bits per heavy atom. The van der Waals surface area contributed by atoms with Gasteiger partial charge in [0.1, 0.15) is 11.6 Å². The molecule has 0 aromatic heterocycles. The minimum atomic E-state index is -0.594. The van der Waals surface area contributed by atoms with Gasteiger partial charge >= 0.3 is 0 Å². The minimum Gasteiger partial charge on any atom is -0.496 e. The molecule has 2 rings (SSSR count). The maximum absolute atomic E-state index is 13.5. The molecule has 1 atom stereocenters. The smallest absolute Gasteiger partial charge is 0.141 e. The van der Waals surface area contributed by atoms with Crippen molar-refractivity contribution in [1.82, 2.24) is 0 Å². The van der Waals surface area contributed by atoms with Crippen LogP contribution in [0, 0.1) is 11.7 Å². The fraction of sp³-hybridized carbons (Fsp3) is 0.625. The van der Waals surface area contributed by atoms with Crippen LogP contribution in [0.1, 0.15) is 56.6 Å². The largest absolute Gasteiger partial charge is 0.496 e. The van der Waals surface area contributed by atoms with Gasteiger partial charge in [-0.2, -0.15) is 0 Å². The standard InChI is InChI=1S/C16H22BrFO2/c1-20-16-10-14(18)13(17)9-12(16)15(19)8-7-11-5-3-2-4-6-11/h9-11,15,19H,2-8H2,1H3. The third kappa shape index (κ3) is 3.95. The monoisotopic (exact) mass is 344 g/mol. The first-order valence-electron chi connectivity index (χ1n) is 7.32. The number of methoxy groups -OCH3 is 1. The molecule has 1 N–H and O–H groups in total. The summed E-state index contributed by atoms with van der Waals surface area (Å²) in [6, 6.07) is 2.95. The fourth-order valence-corrected chi connectivity index (χ4v) is 3.37. The van der Waals surface area contributed by atoms with Gasteiger partial charge in [0.25, 0.3) is 0 Å². The summed E-state index contributed by atoms with van der Waals surface area (Å²) in [5.41, 5.74) is 0.664. The lowest BCUT2D eigenvalue weighted by molar-refractivity contribution is 0.147. The van der Waals surface area contributed by atoms with E-state index in [-0.39, 0.29) is 5.82 Å². The molecule has 112 valence electrons. The maximum atomic E-state index is 13.5. The molecule has 2 nitrogen and oxygen atoms in total. The molecule has 1 unspecified atom stereocenters. The summed E-state index contributed by atoms with van der Waals surface area (Å²) < 4.78 is 19.0. The normalized spacial score (nSPS) is 18.0. The van der Waals surface area contributed by atoms with Crippen molar-refractivity contribution in [2.75, 3.05) is 7.11 Å². The van der Waals surface area contributed by atoms with Crippen LogP contribution in [0.3, 0.4) is 0 Å². The van der Waals surface area contributed by atoms with Crippen LogP contribution in [0.4, 0.5) is 4.39 Å². The molecule has 0 amide bonds. The van der Waals surface area contributed by atoms with E-state index in [4.69, 9.17) is 4.74 Å². The first-order chi connectivity index (χ1) is 9.61. The zero-order valence-corrected chi connectivity index (χ0v) is 13.5. The van der Waals surface area contributed by atoms with Gasteiger partial charge in [-0.25, -0.2) is 4.39 Å². The second kappa shape index (κ2) is 7.41. The van der Waals surface area contributed by atoms with E-state index < -0.39 is 6.10 Å². The van der Waals surface area contributed by atoms with Crippen molar-refractivity contribution in [2.24, 2.45) is 5.92 Å². The van der Waals surface area contributed by atoms with Gasteiger partial charge in [-0.1, -0.05) is 32.1 Å². The lowest BCUT2D eigenvalue weighted by Gasteiger charge is -2.23. The van der Waals surface area contributed by atoms with Crippen LogP contribution in [0.25, 0.3) is 0 Å². The summed E-state index contributed by atoms with van der Waals surface area (Å²) in [5.74, 6) is 0.778. The minimum absolute atomic E-state index is 0.366. The fourth-order valence-electron chi connectivity index (χ4n) is 3.01. The third-order valence-electron chi connectivity index (χ3n) is 4.20. The summed E-state index contributed by atoms with van der Waals surface area (Å²) in [4.78, 5) is 0. The van der Waals surface area contributed by atoms with Gasteiger partial charge < -0.3 is 9.84 Å². The molecule has 1 fully saturated rings. The Labute approximate surface area is 128 Å². The molecule has 20 heavy (non-hydrogen) atoms. The van der Waals surface area contributed by atoms with Crippen LogP contribution in [0.2, 0.25) is 0 Å². The Balaban J connectivity index is 2.00. The number of halogens is 2. The van der Waals surface area contributed by atoms with Crippen LogP contribution >= 0.6 is 15.9 Å². The highest BCUT2D eigenvalue weighted by Crippen LogP contribution is 2.35. The Hall–Kier alpha value is -0.610. The maximum Gasteiger partial charge on any atom is 0.141 e. The van der Waals surface area contributed by atoms with E-state index in [1.807, 2.05) is 0 Å². The molecule has 1 aliphatic rings. The van der Waals surface area contributed by atoms with E-state index in [1.165, 1.54) is 45.3 Å². The average Bonchev–Trinajstić information content (AvgIpc) is 2.48. The van der Waals surface area contributed by atoms with Gasteiger partial charge in [0.15, 0.2) is 0 Å². The van der Waals surface area contributed by atoms with Gasteiger partial charge in [0.05, 0.1) is 17.7 Å². The molecular weight excluding hydrogens is 323 g/mol. The summed E-state index contributed by atoms with van der Waals surface area (Å²) in [7, 11) is 1.50. The summed E-state index contributed by atoms with van der Waals surface area (Å²) in [5, 5.41) is 10.4. The summed E-state index contributed by atoms with van der Waals surface area (Å²) in [6.45, 7) is 0. The molecule has 0 aliphatic heterocycles. The van der Waals surface area contributed by atoms with Gasteiger partial charge in [0, 0.05) is 11.6 Å². The predicted octanol–water partition coefficient (Wildman–Crippen LogP) is 4.99. The summed E-state index contributed by atoms with van der Waals surface area (Å²) in [6.07, 6.45) is 7.66. The molecule has 0 spiro atoms. The number of benzene rings is 1. The van der Waals surface area contributed by atoms with Gasteiger partial charge in [-0.15, -0.1) is 0 Å². The van der Waals surface area contributed by atoms with E-state index in [9.17, 15) is 9.50 Å². The first kappa shape index (κ1) is 15.8. The van der Waals surface area contributed by atoms with Crippen molar-refractivity contribution in [1.29, 1.82) is 0 Å². The highest BCUT2D eigenvalue weighted by atomic mass is 79.9. The lowest BCUT2D eigenvalue weighted by atomic mass is 9.85. The van der Waals surface area contributed by atoms with E-state index in [0.29, 0.717) is 22.2 Å². The molecule has 1 saturated carbocycles. The van der Waals surface area contributed by atoms with Crippen molar-refractivity contribution in [3.05, 3.63) is 28.0 Å². The number of ether oxygens (including phenoxy) is 1. The number of hydrogen-bond acceptors (Lipinski definition) is 2. The van der Waals surface area contributed by atoms with Gasteiger partial charge in [-0.05, 0) is 40.8 Å². The van der Waals surface area contributed by atoms with Gasteiger partial charge in [0.2, 0.25) is 0 Å². The van der Waals surface area contributed by atoms with Gasteiger partial charge in [-0.3, -0.25) is 0 Å². The highest BCUT2D eigenvalue weighted by molar-refractivity contribution is 9.10. The van der Waals surface area contributed by atoms with E-state index in [1.54, 1.807) is 6.07 Å². The zero-order valence-electron chi connectivity index (χ0n) is 11.9. The zero-order chi connectivity index (χ0) is 14.5. The van der Waals surface area contributed by atoms with Crippen molar-refractivity contribution in [2.45, 2.75) is 51.0 Å². The lowest BCUT2D eigenvalue weighted by Crippen LogP contribution is -2.09. The predicted molar refractivity (Wildman–Crippen MR) is 81.4 cm³/mol. The number of aliphatic hydroxyl groups is 1. The van der Waals surface area contributed by atoms with Crippen molar-refractivity contribution in [3.63, 3.8) is 0 Å². The van der Waals surface area contributed by atoms with Crippen LogP contribution in [0.5, 0.6) is 5.75 Å².